The van der Waals surface area contributed by atoms with Crippen molar-refractivity contribution in [3.05, 3.63) is 11.8 Å². The number of aryl methyl sites for hydroxylation is 1. The number of hydrogen-bond acceptors (Lipinski definition) is 4. The van der Waals surface area contributed by atoms with Gasteiger partial charge in [-0.3, -0.25) is 9.69 Å². The average Bonchev–Trinajstić information content (AvgIpc) is 2.73. The van der Waals surface area contributed by atoms with E-state index in [1.807, 2.05) is 17.7 Å². The monoisotopic (exact) mass is 294 g/mol. The van der Waals surface area contributed by atoms with Gasteiger partial charge in [-0.1, -0.05) is 0 Å². The van der Waals surface area contributed by atoms with Crippen molar-refractivity contribution in [3.8, 4) is 0 Å². The molecule has 2 heterocycles. The molecule has 1 amide bonds. The second kappa shape index (κ2) is 6.15. The van der Waals surface area contributed by atoms with Gasteiger partial charge in [-0.2, -0.15) is 5.10 Å². The maximum atomic E-state index is 12.2. The average molecular weight is 294 g/mol. The SMILES string of the molecule is Cc1cc(NC(=O)CN2CCC(O)CC2)n(C(C)(C)C)n1. The van der Waals surface area contributed by atoms with Crippen LogP contribution in [0.4, 0.5) is 5.82 Å². The molecule has 1 saturated heterocycles. The van der Waals surface area contributed by atoms with Crippen LogP contribution in [0.25, 0.3) is 0 Å². The van der Waals surface area contributed by atoms with Crippen LogP contribution in [0.15, 0.2) is 6.07 Å². The normalized spacial score (nSPS) is 18.0. The largest absolute Gasteiger partial charge is 0.393 e. The fourth-order valence-corrected chi connectivity index (χ4v) is 2.56. The van der Waals surface area contributed by atoms with E-state index < -0.39 is 0 Å². The number of aliphatic hydroxyl groups is 1. The number of aliphatic hydroxyl groups excluding tert-OH is 1. The Hall–Kier alpha value is -1.40. The van der Waals surface area contributed by atoms with Crippen molar-refractivity contribution in [3.63, 3.8) is 0 Å². The zero-order chi connectivity index (χ0) is 15.6. The van der Waals surface area contributed by atoms with Gasteiger partial charge < -0.3 is 10.4 Å². The highest BCUT2D eigenvalue weighted by Crippen LogP contribution is 2.21. The van der Waals surface area contributed by atoms with Crippen molar-refractivity contribution in [2.24, 2.45) is 0 Å². The summed E-state index contributed by atoms with van der Waals surface area (Å²) in [6.07, 6.45) is 1.27. The third-order valence-corrected chi connectivity index (χ3v) is 3.66. The molecule has 2 N–H and O–H groups in total. The standard InChI is InChI=1S/C15H26N4O2/c1-11-9-13(19(17-11)15(2,3)4)16-14(21)10-18-7-5-12(20)6-8-18/h9,12,20H,5-8,10H2,1-4H3,(H,16,21). The molecule has 1 aliphatic heterocycles. The molecule has 1 aromatic heterocycles. The zero-order valence-corrected chi connectivity index (χ0v) is 13.4. The van der Waals surface area contributed by atoms with Crippen LogP contribution in [0.2, 0.25) is 0 Å². The topological polar surface area (TPSA) is 70.4 Å². The number of nitrogens with one attached hydrogen (secondary N) is 1. The number of carbonyl (C=O) groups is 1. The van der Waals surface area contributed by atoms with Crippen LogP contribution in [-0.4, -0.2) is 51.4 Å². The molecule has 1 aliphatic rings. The minimum atomic E-state index is -0.214. The third-order valence-electron chi connectivity index (χ3n) is 3.66. The van der Waals surface area contributed by atoms with Gasteiger partial charge in [0.25, 0.3) is 0 Å². The van der Waals surface area contributed by atoms with Gasteiger partial charge in [-0.05, 0) is 40.5 Å². The van der Waals surface area contributed by atoms with E-state index >= 15 is 0 Å². The summed E-state index contributed by atoms with van der Waals surface area (Å²) >= 11 is 0. The summed E-state index contributed by atoms with van der Waals surface area (Å²) in [6.45, 7) is 9.99. The third kappa shape index (κ3) is 4.28. The molecule has 0 aromatic carbocycles. The van der Waals surface area contributed by atoms with Crippen molar-refractivity contribution in [2.45, 2.75) is 52.2 Å². The van der Waals surface area contributed by atoms with E-state index in [1.165, 1.54) is 0 Å². The van der Waals surface area contributed by atoms with Crippen molar-refractivity contribution in [1.82, 2.24) is 14.7 Å². The number of anilines is 1. The molecule has 1 fully saturated rings. The van der Waals surface area contributed by atoms with E-state index in [2.05, 4.69) is 36.1 Å². The zero-order valence-electron chi connectivity index (χ0n) is 13.4. The summed E-state index contributed by atoms with van der Waals surface area (Å²) in [7, 11) is 0. The molecule has 2 rings (SSSR count). The first kappa shape index (κ1) is 16.0. The Kier molecular flexibility index (Phi) is 4.68. The van der Waals surface area contributed by atoms with Gasteiger partial charge in [0.15, 0.2) is 0 Å². The fourth-order valence-electron chi connectivity index (χ4n) is 2.56. The second-order valence-corrected chi connectivity index (χ2v) is 6.81. The van der Waals surface area contributed by atoms with Gasteiger partial charge in [0.2, 0.25) is 5.91 Å². The highest BCUT2D eigenvalue weighted by molar-refractivity contribution is 5.91. The Morgan fingerprint density at radius 2 is 2.05 bits per heavy atom. The first-order valence-electron chi connectivity index (χ1n) is 7.53. The molecule has 6 nitrogen and oxygen atoms in total. The first-order chi connectivity index (χ1) is 9.75. The number of hydrogen-bond donors (Lipinski definition) is 2. The first-order valence-corrected chi connectivity index (χ1v) is 7.53. The van der Waals surface area contributed by atoms with E-state index in [4.69, 9.17) is 0 Å². The van der Waals surface area contributed by atoms with Crippen molar-refractivity contribution in [1.29, 1.82) is 0 Å². The van der Waals surface area contributed by atoms with Crippen LogP contribution in [0.5, 0.6) is 0 Å². The fraction of sp³-hybridized carbons (Fsp3) is 0.733. The Balaban J connectivity index is 1.97. The predicted molar refractivity (Wildman–Crippen MR) is 82.3 cm³/mol. The lowest BCUT2D eigenvalue weighted by Gasteiger charge is -2.29. The van der Waals surface area contributed by atoms with Gasteiger partial charge in [0, 0.05) is 19.2 Å². The van der Waals surface area contributed by atoms with Crippen molar-refractivity contribution in [2.75, 3.05) is 25.0 Å². The number of carbonyl (C=O) groups excluding carboxylic acids is 1. The number of piperidine rings is 1. The summed E-state index contributed by atoms with van der Waals surface area (Å²) in [4.78, 5) is 14.3. The number of rotatable bonds is 3. The van der Waals surface area contributed by atoms with Gasteiger partial charge in [-0.15, -0.1) is 0 Å². The van der Waals surface area contributed by atoms with Crippen LogP contribution in [0, 0.1) is 6.92 Å². The van der Waals surface area contributed by atoms with Crippen LogP contribution >= 0.6 is 0 Å². The van der Waals surface area contributed by atoms with Crippen molar-refractivity contribution >= 4 is 11.7 Å². The molecule has 0 bridgehead atoms. The van der Waals surface area contributed by atoms with Crippen LogP contribution < -0.4 is 5.32 Å². The van der Waals surface area contributed by atoms with E-state index in [0.717, 1.165) is 37.4 Å². The molecule has 118 valence electrons. The molecule has 0 spiro atoms. The molecule has 1 aromatic rings. The lowest BCUT2D eigenvalue weighted by Crippen LogP contribution is -2.41. The maximum Gasteiger partial charge on any atom is 0.239 e. The van der Waals surface area contributed by atoms with Crippen LogP contribution in [0.3, 0.4) is 0 Å². The Morgan fingerprint density at radius 3 is 2.62 bits per heavy atom. The minimum Gasteiger partial charge on any atom is -0.393 e. The molecule has 21 heavy (non-hydrogen) atoms. The van der Waals surface area contributed by atoms with E-state index in [-0.39, 0.29) is 17.6 Å². The molecular weight excluding hydrogens is 268 g/mol. The molecule has 6 heteroatoms. The van der Waals surface area contributed by atoms with Gasteiger partial charge in [-0.25, -0.2) is 4.68 Å². The smallest absolute Gasteiger partial charge is 0.239 e. The quantitative estimate of drug-likeness (QED) is 0.882. The summed E-state index contributed by atoms with van der Waals surface area (Å²) < 4.78 is 1.85. The van der Waals surface area contributed by atoms with E-state index in [9.17, 15) is 9.90 Å². The number of aromatic nitrogens is 2. The summed E-state index contributed by atoms with van der Waals surface area (Å²) in [5.74, 6) is 0.707. The van der Waals surface area contributed by atoms with Gasteiger partial charge in [0.05, 0.1) is 23.9 Å². The van der Waals surface area contributed by atoms with Crippen LogP contribution in [-0.2, 0) is 10.3 Å². The summed E-state index contributed by atoms with van der Waals surface area (Å²) in [5, 5.41) is 16.9. The summed E-state index contributed by atoms with van der Waals surface area (Å²) in [5.41, 5.74) is 0.716. The highest BCUT2D eigenvalue weighted by Gasteiger charge is 2.22. The summed E-state index contributed by atoms with van der Waals surface area (Å²) in [6, 6.07) is 1.89. The van der Waals surface area contributed by atoms with E-state index in [1.54, 1.807) is 0 Å². The van der Waals surface area contributed by atoms with Gasteiger partial charge in [0.1, 0.15) is 5.82 Å². The molecule has 0 aliphatic carbocycles. The second-order valence-electron chi connectivity index (χ2n) is 6.81. The minimum absolute atomic E-state index is 0.0308. The number of likely N-dealkylation sites (tertiary alicyclic amines) is 1. The Morgan fingerprint density at radius 1 is 1.43 bits per heavy atom. The highest BCUT2D eigenvalue weighted by atomic mass is 16.3. The number of amides is 1. The molecular formula is C15H26N4O2. The van der Waals surface area contributed by atoms with Crippen molar-refractivity contribution < 1.29 is 9.90 Å². The van der Waals surface area contributed by atoms with Gasteiger partial charge >= 0.3 is 0 Å². The van der Waals surface area contributed by atoms with Crippen LogP contribution in [0.1, 0.15) is 39.3 Å². The Labute approximate surface area is 126 Å². The molecule has 0 radical (unpaired) electrons. The molecule has 0 atom stereocenters. The Bertz CT molecular complexity index is 496. The molecule has 0 saturated carbocycles. The van der Waals surface area contributed by atoms with E-state index in [0.29, 0.717) is 6.54 Å². The lowest BCUT2D eigenvalue weighted by atomic mass is 10.1. The lowest BCUT2D eigenvalue weighted by molar-refractivity contribution is -0.117. The molecule has 0 unspecified atom stereocenters. The number of nitrogens with zero attached hydrogens (tertiary/aromatic N) is 3. The predicted octanol–water partition coefficient (Wildman–Crippen LogP) is 1.34. The maximum absolute atomic E-state index is 12.2.